The average molecular weight is 414 g/mol. The molecule has 0 aromatic heterocycles. The SMILES string of the molecule is CN1c2ccccc2Sc2cc(C=C3SC(=S)C(CC(=O)O)C3=O)ccc21. The molecule has 1 N–H and O–H groups in total. The fraction of sp³-hybridized carbons (Fsp3) is 0.150. The van der Waals surface area contributed by atoms with Crippen molar-refractivity contribution < 1.29 is 14.7 Å². The van der Waals surface area contributed by atoms with E-state index in [4.69, 9.17) is 17.3 Å². The number of para-hydroxylation sites is 1. The summed E-state index contributed by atoms with van der Waals surface area (Å²) in [5.74, 6) is -1.91. The van der Waals surface area contributed by atoms with Crippen molar-refractivity contribution in [3.8, 4) is 0 Å². The maximum absolute atomic E-state index is 12.5. The molecule has 1 atom stereocenters. The predicted molar refractivity (Wildman–Crippen MR) is 114 cm³/mol. The van der Waals surface area contributed by atoms with Crippen LogP contribution in [0.2, 0.25) is 0 Å². The molecule has 2 aromatic rings. The number of carboxylic acids is 1. The van der Waals surface area contributed by atoms with E-state index in [0.29, 0.717) is 9.10 Å². The molecule has 136 valence electrons. The molecule has 0 amide bonds. The van der Waals surface area contributed by atoms with Crippen LogP contribution in [0.1, 0.15) is 12.0 Å². The first-order valence-corrected chi connectivity index (χ1v) is 10.3. The lowest BCUT2D eigenvalue weighted by atomic mass is 10.0. The van der Waals surface area contributed by atoms with Crippen molar-refractivity contribution in [1.82, 2.24) is 0 Å². The van der Waals surface area contributed by atoms with E-state index in [1.54, 1.807) is 11.8 Å². The normalized spacial score (nSPS) is 20.0. The van der Waals surface area contributed by atoms with E-state index >= 15 is 0 Å². The molecule has 0 spiro atoms. The van der Waals surface area contributed by atoms with Crippen molar-refractivity contribution in [3.63, 3.8) is 0 Å². The highest BCUT2D eigenvalue weighted by Crippen LogP contribution is 2.48. The fourth-order valence-electron chi connectivity index (χ4n) is 3.16. The fourth-order valence-corrected chi connectivity index (χ4v) is 5.80. The number of carbonyl (C=O) groups excluding carboxylic acids is 1. The van der Waals surface area contributed by atoms with E-state index in [2.05, 4.69) is 23.1 Å². The minimum absolute atomic E-state index is 0.194. The minimum Gasteiger partial charge on any atom is -0.481 e. The van der Waals surface area contributed by atoms with Crippen molar-refractivity contribution in [1.29, 1.82) is 0 Å². The van der Waals surface area contributed by atoms with Gasteiger partial charge in [-0.2, -0.15) is 0 Å². The second-order valence-electron chi connectivity index (χ2n) is 6.30. The Labute approximate surface area is 170 Å². The van der Waals surface area contributed by atoms with Crippen molar-refractivity contribution >= 4 is 69.1 Å². The van der Waals surface area contributed by atoms with Crippen LogP contribution < -0.4 is 4.90 Å². The van der Waals surface area contributed by atoms with E-state index in [1.165, 1.54) is 22.3 Å². The van der Waals surface area contributed by atoms with E-state index in [1.807, 2.05) is 37.4 Å². The topological polar surface area (TPSA) is 57.6 Å². The van der Waals surface area contributed by atoms with Gasteiger partial charge in [-0.1, -0.05) is 53.9 Å². The van der Waals surface area contributed by atoms with E-state index in [-0.39, 0.29) is 12.2 Å². The van der Waals surface area contributed by atoms with Gasteiger partial charge < -0.3 is 10.0 Å². The Morgan fingerprint density at radius 1 is 1.19 bits per heavy atom. The molecule has 0 saturated carbocycles. The highest BCUT2D eigenvalue weighted by Gasteiger charge is 2.36. The summed E-state index contributed by atoms with van der Waals surface area (Å²) in [6.45, 7) is 0. The summed E-state index contributed by atoms with van der Waals surface area (Å²) in [4.78, 5) is 28.4. The molecule has 0 aliphatic carbocycles. The third-order valence-corrected chi connectivity index (χ3v) is 7.19. The molecule has 1 saturated heterocycles. The van der Waals surface area contributed by atoms with Gasteiger partial charge >= 0.3 is 5.97 Å². The van der Waals surface area contributed by atoms with Gasteiger partial charge in [-0.3, -0.25) is 9.59 Å². The molecule has 2 aliphatic heterocycles. The number of rotatable bonds is 3. The molecular formula is C20H15NO3S3. The number of hydrogen-bond acceptors (Lipinski definition) is 6. The molecule has 0 bridgehead atoms. The molecule has 4 nitrogen and oxygen atoms in total. The molecule has 2 aromatic carbocycles. The quantitative estimate of drug-likeness (QED) is 0.562. The van der Waals surface area contributed by atoms with Crippen LogP contribution >= 0.6 is 35.7 Å². The number of allylic oxidation sites excluding steroid dienone is 1. The van der Waals surface area contributed by atoms with Gasteiger partial charge in [0.2, 0.25) is 0 Å². The van der Waals surface area contributed by atoms with Gasteiger partial charge in [-0.25, -0.2) is 0 Å². The highest BCUT2D eigenvalue weighted by atomic mass is 32.2. The number of carboxylic acid groups (broad SMARTS) is 1. The van der Waals surface area contributed by atoms with Crippen LogP contribution in [-0.2, 0) is 9.59 Å². The lowest BCUT2D eigenvalue weighted by molar-refractivity contribution is -0.139. The Morgan fingerprint density at radius 2 is 1.93 bits per heavy atom. The van der Waals surface area contributed by atoms with Crippen LogP contribution in [0.25, 0.3) is 6.08 Å². The molecule has 2 aliphatic rings. The largest absolute Gasteiger partial charge is 0.481 e. The second kappa shape index (κ2) is 7.14. The summed E-state index contributed by atoms with van der Waals surface area (Å²) >= 11 is 8.12. The lowest BCUT2D eigenvalue weighted by Crippen LogP contribution is -2.17. The molecule has 1 fully saturated rings. The van der Waals surface area contributed by atoms with Crippen LogP contribution in [0.4, 0.5) is 11.4 Å². The monoisotopic (exact) mass is 413 g/mol. The Kier molecular flexibility index (Phi) is 4.84. The van der Waals surface area contributed by atoms with E-state index in [9.17, 15) is 9.59 Å². The molecule has 1 unspecified atom stereocenters. The zero-order valence-electron chi connectivity index (χ0n) is 14.3. The van der Waals surface area contributed by atoms with Crippen LogP contribution in [-0.4, -0.2) is 28.1 Å². The Morgan fingerprint density at radius 3 is 2.70 bits per heavy atom. The first-order valence-electron chi connectivity index (χ1n) is 8.28. The molecular weight excluding hydrogens is 398 g/mol. The maximum atomic E-state index is 12.5. The number of carbonyl (C=O) groups is 2. The number of thioether (sulfide) groups is 1. The minimum atomic E-state index is -1.01. The third-order valence-electron chi connectivity index (χ3n) is 4.52. The Bertz CT molecular complexity index is 1020. The van der Waals surface area contributed by atoms with Gasteiger partial charge in [0.25, 0.3) is 0 Å². The summed E-state index contributed by atoms with van der Waals surface area (Å²) in [5.41, 5.74) is 3.19. The smallest absolute Gasteiger partial charge is 0.304 e. The standard InChI is InChI=1S/C20H15NO3S3/c1-21-13-4-2-3-5-15(13)26-16-8-11(6-7-14(16)21)9-17-19(24)12(10-18(22)23)20(25)27-17/h2-9,12H,10H2,1H3,(H,22,23). The number of aliphatic carboxylic acids is 1. The zero-order valence-corrected chi connectivity index (χ0v) is 16.8. The lowest BCUT2D eigenvalue weighted by Gasteiger charge is -2.29. The predicted octanol–water partition coefficient (Wildman–Crippen LogP) is 4.99. The Hall–Kier alpha value is -2.09. The van der Waals surface area contributed by atoms with Crippen molar-refractivity contribution in [3.05, 3.63) is 52.9 Å². The first kappa shape index (κ1) is 18.3. The number of ketones is 1. The van der Waals surface area contributed by atoms with Crippen molar-refractivity contribution in [2.75, 3.05) is 11.9 Å². The molecule has 0 radical (unpaired) electrons. The molecule has 7 heteroatoms. The third kappa shape index (κ3) is 3.42. The first-order chi connectivity index (χ1) is 12.9. The van der Waals surface area contributed by atoms with Gasteiger partial charge in [0.05, 0.1) is 32.8 Å². The molecule has 4 rings (SSSR count). The Balaban J connectivity index is 1.64. The van der Waals surface area contributed by atoms with Gasteiger partial charge in [-0.15, -0.1) is 0 Å². The summed E-state index contributed by atoms with van der Waals surface area (Å²) < 4.78 is 0.439. The number of hydrogen-bond donors (Lipinski definition) is 1. The van der Waals surface area contributed by atoms with Crippen LogP contribution in [0, 0.1) is 5.92 Å². The number of benzene rings is 2. The molecule has 2 heterocycles. The second-order valence-corrected chi connectivity index (χ2v) is 9.17. The number of nitrogens with zero attached hydrogens (tertiary/aromatic N) is 1. The van der Waals surface area contributed by atoms with Gasteiger partial charge in [0, 0.05) is 16.8 Å². The summed E-state index contributed by atoms with van der Waals surface area (Å²) in [5, 5.41) is 8.97. The van der Waals surface area contributed by atoms with Crippen LogP contribution in [0.5, 0.6) is 0 Å². The zero-order chi connectivity index (χ0) is 19.1. The number of fused-ring (bicyclic) bond motifs is 2. The summed E-state index contributed by atoms with van der Waals surface area (Å²) in [6, 6.07) is 14.3. The average Bonchev–Trinajstić information content (AvgIpc) is 2.89. The highest BCUT2D eigenvalue weighted by molar-refractivity contribution is 8.27. The number of thiocarbonyl (C=S) groups is 1. The van der Waals surface area contributed by atoms with Crippen molar-refractivity contribution in [2.24, 2.45) is 5.92 Å². The van der Waals surface area contributed by atoms with Gasteiger partial charge in [-0.05, 0) is 35.9 Å². The van der Waals surface area contributed by atoms with E-state index < -0.39 is 11.9 Å². The summed E-state index contributed by atoms with van der Waals surface area (Å²) in [6.07, 6.45) is 1.56. The van der Waals surface area contributed by atoms with Crippen LogP contribution in [0.3, 0.4) is 0 Å². The number of anilines is 2. The maximum Gasteiger partial charge on any atom is 0.304 e. The van der Waals surface area contributed by atoms with E-state index in [0.717, 1.165) is 16.1 Å². The van der Waals surface area contributed by atoms with Crippen LogP contribution in [0.15, 0.2) is 57.2 Å². The number of Topliss-reactive ketones (excluding diaryl/α,β-unsaturated/α-hetero) is 1. The van der Waals surface area contributed by atoms with Gasteiger partial charge in [0.15, 0.2) is 5.78 Å². The molecule has 27 heavy (non-hydrogen) atoms. The van der Waals surface area contributed by atoms with Crippen molar-refractivity contribution in [2.45, 2.75) is 16.2 Å². The summed E-state index contributed by atoms with van der Waals surface area (Å²) in [7, 11) is 2.04. The van der Waals surface area contributed by atoms with Gasteiger partial charge in [0.1, 0.15) is 0 Å².